The molecule has 0 saturated carbocycles. The fourth-order valence-corrected chi connectivity index (χ4v) is 2.69. The van der Waals surface area contributed by atoms with Gasteiger partial charge in [0.25, 0.3) is 0 Å². The number of aryl methyl sites for hydroxylation is 1. The number of para-hydroxylation sites is 1. The lowest BCUT2D eigenvalue weighted by Crippen LogP contribution is -2.16. The van der Waals surface area contributed by atoms with Gasteiger partial charge >= 0.3 is 0 Å². The predicted molar refractivity (Wildman–Crippen MR) is 97.5 cm³/mol. The van der Waals surface area contributed by atoms with Gasteiger partial charge in [0.15, 0.2) is 11.5 Å². The summed E-state index contributed by atoms with van der Waals surface area (Å²) in [4.78, 5) is 12.2. The highest BCUT2D eigenvalue weighted by atomic mass is 16.6. The smallest absolute Gasteiger partial charge is 0.248 e. The highest BCUT2D eigenvalue weighted by molar-refractivity contribution is 6.02. The Morgan fingerprint density at radius 3 is 2.84 bits per heavy atom. The van der Waals surface area contributed by atoms with Crippen LogP contribution in [-0.4, -0.2) is 26.2 Å². The number of carbonyl (C=O) groups is 1. The molecule has 1 aliphatic heterocycles. The number of nitrogens with one attached hydrogen (secondary N) is 1. The van der Waals surface area contributed by atoms with E-state index in [0.717, 1.165) is 23.2 Å². The summed E-state index contributed by atoms with van der Waals surface area (Å²) in [6, 6.07) is 11.4. The highest BCUT2D eigenvalue weighted by Gasteiger charge is 2.17. The summed E-state index contributed by atoms with van der Waals surface area (Å²) in [6.45, 7) is 3.05. The summed E-state index contributed by atoms with van der Waals surface area (Å²) in [5, 5.41) is 2.91. The van der Waals surface area contributed by atoms with Gasteiger partial charge in [0.05, 0.1) is 7.11 Å². The molecule has 3 rings (SSSR count). The first-order valence-electron chi connectivity index (χ1n) is 8.26. The summed E-state index contributed by atoms with van der Waals surface area (Å²) >= 11 is 0. The fraction of sp³-hybridized carbons (Fsp3) is 0.250. The molecule has 1 amide bonds. The number of methoxy groups -OCH3 is 1. The van der Waals surface area contributed by atoms with Crippen LogP contribution in [0.2, 0.25) is 0 Å². The van der Waals surface area contributed by atoms with Gasteiger partial charge in [-0.15, -0.1) is 0 Å². The van der Waals surface area contributed by atoms with Crippen LogP contribution in [0.3, 0.4) is 0 Å². The molecule has 5 nitrogen and oxygen atoms in total. The number of hydrogen-bond acceptors (Lipinski definition) is 4. The van der Waals surface area contributed by atoms with Crippen molar-refractivity contribution in [3.8, 4) is 17.2 Å². The van der Waals surface area contributed by atoms with Crippen LogP contribution in [-0.2, 0) is 11.2 Å². The predicted octanol–water partition coefficient (Wildman–Crippen LogP) is 3.68. The molecular formula is C20H21NO4. The van der Waals surface area contributed by atoms with E-state index in [1.54, 1.807) is 13.2 Å². The number of ether oxygens (including phenoxy) is 3. The van der Waals surface area contributed by atoms with E-state index < -0.39 is 0 Å². The SMILES string of the molecule is CCc1ccccc1NC(=O)/C=C/c1cc(OC)c2c(c1)OCCO2. The average Bonchev–Trinajstić information content (AvgIpc) is 2.66. The molecule has 0 atom stereocenters. The number of fused-ring (bicyclic) bond motifs is 1. The summed E-state index contributed by atoms with van der Waals surface area (Å²) < 4.78 is 16.5. The van der Waals surface area contributed by atoms with Crippen molar-refractivity contribution in [2.24, 2.45) is 0 Å². The van der Waals surface area contributed by atoms with Crippen molar-refractivity contribution in [2.45, 2.75) is 13.3 Å². The number of anilines is 1. The number of hydrogen-bond donors (Lipinski definition) is 1. The molecule has 1 heterocycles. The quantitative estimate of drug-likeness (QED) is 0.844. The highest BCUT2D eigenvalue weighted by Crippen LogP contribution is 2.40. The minimum atomic E-state index is -0.185. The third-order valence-electron chi connectivity index (χ3n) is 3.93. The molecule has 1 N–H and O–H groups in total. The van der Waals surface area contributed by atoms with E-state index in [4.69, 9.17) is 14.2 Å². The first-order valence-corrected chi connectivity index (χ1v) is 8.26. The average molecular weight is 339 g/mol. The lowest BCUT2D eigenvalue weighted by Gasteiger charge is -2.20. The summed E-state index contributed by atoms with van der Waals surface area (Å²) in [6.07, 6.45) is 4.08. The van der Waals surface area contributed by atoms with Gasteiger partial charge in [-0.25, -0.2) is 0 Å². The largest absolute Gasteiger partial charge is 0.493 e. The fourth-order valence-electron chi connectivity index (χ4n) is 2.69. The summed E-state index contributed by atoms with van der Waals surface area (Å²) in [5.74, 6) is 1.64. The van der Waals surface area contributed by atoms with Gasteiger partial charge in [0.2, 0.25) is 11.7 Å². The van der Waals surface area contributed by atoms with Gasteiger partial charge in [0, 0.05) is 11.8 Å². The topological polar surface area (TPSA) is 56.8 Å². The zero-order chi connectivity index (χ0) is 17.6. The molecule has 130 valence electrons. The molecule has 5 heteroatoms. The lowest BCUT2D eigenvalue weighted by atomic mass is 10.1. The molecule has 0 bridgehead atoms. The van der Waals surface area contributed by atoms with Crippen LogP contribution in [0.15, 0.2) is 42.5 Å². The second-order valence-corrected chi connectivity index (χ2v) is 5.58. The van der Waals surface area contributed by atoms with Gasteiger partial charge in [0.1, 0.15) is 13.2 Å². The molecule has 0 unspecified atom stereocenters. The van der Waals surface area contributed by atoms with Crippen molar-refractivity contribution >= 4 is 17.7 Å². The Balaban J connectivity index is 1.76. The Morgan fingerprint density at radius 2 is 2.04 bits per heavy atom. The van der Waals surface area contributed by atoms with Crippen molar-refractivity contribution in [3.05, 3.63) is 53.6 Å². The van der Waals surface area contributed by atoms with E-state index in [1.807, 2.05) is 36.4 Å². The minimum absolute atomic E-state index is 0.185. The maximum atomic E-state index is 12.2. The number of benzene rings is 2. The minimum Gasteiger partial charge on any atom is -0.493 e. The zero-order valence-corrected chi connectivity index (χ0v) is 14.4. The number of amides is 1. The van der Waals surface area contributed by atoms with Gasteiger partial charge in [-0.05, 0) is 41.8 Å². The van der Waals surface area contributed by atoms with E-state index in [9.17, 15) is 4.79 Å². The zero-order valence-electron chi connectivity index (χ0n) is 14.4. The first kappa shape index (κ1) is 16.9. The second kappa shape index (κ2) is 7.75. The van der Waals surface area contributed by atoms with Crippen LogP contribution in [0.25, 0.3) is 6.08 Å². The van der Waals surface area contributed by atoms with Crippen molar-refractivity contribution in [3.63, 3.8) is 0 Å². The molecule has 0 aliphatic carbocycles. The van der Waals surface area contributed by atoms with Gasteiger partial charge < -0.3 is 19.5 Å². The third kappa shape index (κ3) is 3.94. The Kier molecular flexibility index (Phi) is 5.23. The van der Waals surface area contributed by atoms with Crippen molar-refractivity contribution in [1.29, 1.82) is 0 Å². The summed E-state index contributed by atoms with van der Waals surface area (Å²) in [5.41, 5.74) is 2.74. The maximum absolute atomic E-state index is 12.2. The van der Waals surface area contributed by atoms with Gasteiger partial charge in [-0.1, -0.05) is 25.1 Å². The molecule has 25 heavy (non-hydrogen) atoms. The second-order valence-electron chi connectivity index (χ2n) is 5.58. The molecule has 0 fully saturated rings. The lowest BCUT2D eigenvalue weighted by molar-refractivity contribution is -0.111. The van der Waals surface area contributed by atoms with E-state index in [0.29, 0.717) is 30.5 Å². The van der Waals surface area contributed by atoms with Crippen molar-refractivity contribution in [2.75, 3.05) is 25.6 Å². The normalized spacial score (nSPS) is 12.9. The third-order valence-corrected chi connectivity index (χ3v) is 3.93. The van der Waals surface area contributed by atoms with E-state index in [2.05, 4.69) is 12.2 Å². The first-order chi connectivity index (χ1) is 12.2. The standard InChI is InChI=1S/C20H21NO4/c1-3-15-6-4-5-7-16(15)21-19(22)9-8-14-12-17(23-2)20-18(13-14)24-10-11-25-20/h4-9,12-13H,3,10-11H2,1-2H3,(H,21,22)/b9-8+. The van der Waals surface area contributed by atoms with E-state index in [-0.39, 0.29) is 5.91 Å². The van der Waals surface area contributed by atoms with Crippen LogP contribution < -0.4 is 19.5 Å². The Bertz CT molecular complexity index is 781. The van der Waals surface area contributed by atoms with Crippen LogP contribution in [0, 0.1) is 0 Å². The molecular weight excluding hydrogens is 318 g/mol. The summed E-state index contributed by atoms with van der Waals surface area (Å²) in [7, 11) is 1.58. The van der Waals surface area contributed by atoms with Crippen LogP contribution in [0.4, 0.5) is 5.69 Å². The molecule has 0 spiro atoms. The van der Waals surface area contributed by atoms with E-state index >= 15 is 0 Å². The molecule has 2 aromatic carbocycles. The van der Waals surface area contributed by atoms with Crippen molar-refractivity contribution < 1.29 is 19.0 Å². The van der Waals surface area contributed by atoms with Crippen molar-refractivity contribution in [1.82, 2.24) is 0 Å². The molecule has 2 aromatic rings. The molecule has 1 aliphatic rings. The number of carbonyl (C=O) groups excluding carboxylic acids is 1. The van der Waals surface area contributed by atoms with Crippen LogP contribution >= 0.6 is 0 Å². The molecule has 0 radical (unpaired) electrons. The van der Waals surface area contributed by atoms with Gasteiger partial charge in [-0.2, -0.15) is 0 Å². The molecule has 0 saturated heterocycles. The number of rotatable bonds is 5. The van der Waals surface area contributed by atoms with Crippen LogP contribution in [0.1, 0.15) is 18.1 Å². The Morgan fingerprint density at radius 1 is 1.24 bits per heavy atom. The monoisotopic (exact) mass is 339 g/mol. The Labute approximate surface area is 147 Å². The van der Waals surface area contributed by atoms with Gasteiger partial charge in [-0.3, -0.25) is 4.79 Å². The van der Waals surface area contributed by atoms with E-state index in [1.165, 1.54) is 6.08 Å². The maximum Gasteiger partial charge on any atom is 0.248 e. The Hall–Kier alpha value is -2.95. The molecule has 0 aromatic heterocycles. The van der Waals surface area contributed by atoms with Crippen LogP contribution in [0.5, 0.6) is 17.2 Å².